The van der Waals surface area contributed by atoms with E-state index in [1.165, 1.54) is 23.1 Å². The lowest BCUT2D eigenvalue weighted by Gasteiger charge is -2.24. The summed E-state index contributed by atoms with van der Waals surface area (Å²) in [5, 5.41) is 9.89. The number of amides is 1. The van der Waals surface area contributed by atoms with E-state index >= 15 is 0 Å². The lowest BCUT2D eigenvalue weighted by Crippen LogP contribution is -2.35. The van der Waals surface area contributed by atoms with E-state index in [0.717, 1.165) is 35.3 Å². The van der Waals surface area contributed by atoms with Gasteiger partial charge in [0.2, 0.25) is 5.91 Å². The van der Waals surface area contributed by atoms with Gasteiger partial charge in [-0.25, -0.2) is 4.39 Å². The SMILES string of the molecule is C[C@]1(Cc2ccc(Cl)cc2)Cc2cc(CCC(=O)N(CC(=O)O)Cc3ccc(F)c(Cl)c3)ccc2O1. The number of hydrogen-bond acceptors (Lipinski definition) is 3. The van der Waals surface area contributed by atoms with Crippen LogP contribution in [0.3, 0.4) is 0 Å². The summed E-state index contributed by atoms with van der Waals surface area (Å²) in [6, 6.07) is 17.8. The van der Waals surface area contributed by atoms with E-state index in [4.69, 9.17) is 27.9 Å². The van der Waals surface area contributed by atoms with Crippen molar-refractivity contribution in [2.45, 2.75) is 44.8 Å². The molecule has 8 heteroatoms. The standard InChI is InChI=1S/C28H26Cl2FNO4/c1-28(14-19-2-7-22(29)8-3-19)15-21-12-18(5-10-25(21)36-28)6-11-26(33)32(17-27(34)35)16-20-4-9-24(31)23(30)13-20/h2-5,7-10,12-13H,6,11,14-17H2,1H3,(H,34,35)/t28-/m0/s1. The van der Waals surface area contributed by atoms with E-state index in [0.29, 0.717) is 17.0 Å². The van der Waals surface area contributed by atoms with Crippen LogP contribution >= 0.6 is 23.2 Å². The quantitative estimate of drug-likeness (QED) is 0.362. The third-order valence-corrected chi connectivity index (χ3v) is 6.74. The smallest absolute Gasteiger partial charge is 0.323 e. The summed E-state index contributed by atoms with van der Waals surface area (Å²) in [5.74, 6) is -1.16. The number of nitrogens with zero attached hydrogens (tertiary/aromatic N) is 1. The molecule has 1 amide bonds. The van der Waals surface area contributed by atoms with Gasteiger partial charge < -0.3 is 14.7 Å². The molecule has 5 nitrogen and oxygen atoms in total. The predicted molar refractivity (Wildman–Crippen MR) is 137 cm³/mol. The first kappa shape index (κ1) is 26.0. The number of ether oxygens (including phenoxy) is 1. The van der Waals surface area contributed by atoms with Crippen molar-refractivity contribution in [1.29, 1.82) is 0 Å². The van der Waals surface area contributed by atoms with Gasteiger partial charge in [0.25, 0.3) is 0 Å². The fourth-order valence-electron chi connectivity index (χ4n) is 4.53. The Morgan fingerprint density at radius 1 is 1.03 bits per heavy atom. The van der Waals surface area contributed by atoms with Crippen molar-refractivity contribution >= 4 is 35.1 Å². The van der Waals surface area contributed by atoms with Gasteiger partial charge in [-0.05, 0) is 65.9 Å². The van der Waals surface area contributed by atoms with Crippen LogP contribution in [0.25, 0.3) is 0 Å². The normalized spacial score (nSPS) is 16.3. The lowest BCUT2D eigenvalue weighted by molar-refractivity contribution is -0.144. The molecule has 0 aliphatic carbocycles. The molecule has 3 aromatic carbocycles. The van der Waals surface area contributed by atoms with Crippen LogP contribution < -0.4 is 4.74 Å². The first-order valence-electron chi connectivity index (χ1n) is 11.6. The molecule has 0 radical (unpaired) electrons. The van der Waals surface area contributed by atoms with Crippen LogP contribution in [0.5, 0.6) is 5.75 Å². The molecule has 1 atom stereocenters. The maximum absolute atomic E-state index is 13.5. The van der Waals surface area contributed by atoms with Crippen molar-refractivity contribution in [3.05, 3.63) is 98.8 Å². The minimum absolute atomic E-state index is 0.0339. The van der Waals surface area contributed by atoms with Crippen LogP contribution in [-0.2, 0) is 35.4 Å². The lowest BCUT2D eigenvalue weighted by atomic mass is 9.91. The molecule has 0 fully saturated rings. The van der Waals surface area contributed by atoms with Gasteiger partial charge in [0.1, 0.15) is 23.7 Å². The zero-order valence-electron chi connectivity index (χ0n) is 19.8. The van der Waals surface area contributed by atoms with Gasteiger partial charge in [-0.1, -0.05) is 53.5 Å². The van der Waals surface area contributed by atoms with Gasteiger partial charge in [0, 0.05) is 30.8 Å². The summed E-state index contributed by atoms with van der Waals surface area (Å²) in [6.45, 7) is 1.66. The van der Waals surface area contributed by atoms with E-state index in [9.17, 15) is 19.1 Å². The monoisotopic (exact) mass is 529 g/mol. The Balaban J connectivity index is 1.39. The zero-order valence-corrected chi connectivity index (χ0v) is 21.3. The Kier molecular flexibility index (Phi) is 7.86. The second kappa shape index (κ2) is 10.9. The maximum Gasteiger partial charge on any atom is 0.323 e. The average molecular weight is 530 g/mol. The molecule has 1 heterocycles. The van der Waals surface area contributed by atoms with E-state index in [1.807, 2.05) is 36.4 Å². The third kappa shape index (κ3) is 6.56. The van der Waals surface area contributed by atoms with Crippen molar-refractivity contribution in [2.24, 2.45) is 0 Å². The van der Waals surface area contributed by atoms with Gasteiger partial charge in [-0.15, -0.1) is 0 Å². The van der Waals surface area contributed by atoms with Crippen molar-refractivity contribution in [1.82, 2.24) is 4.90 Å². The van der Waals surface area contributed by atoms with Crippen LogP contribution in [-0.4, -0.2) is 34.0 Å². The summed E-state index contributed by atoms with van der Waals surface area (Å²) in [7, 11) is 0. The molecular weight excluding hydrogens is 504 g/mol. The van der Waals surface area contributed by atoms with E-state index in [1.54, 1.807) is 0 Å². The number of aryl methyl sites for hydroxylation is 1. The Morgan fingerprint density at radius 2 is 1.72 bits per heavy atom. The molecule has 4 rings (SSSR count). The predicted octanol–water partition coefficient (Wildman–Crippen LogP) is 6.11. The molecule has 0 saturated carbocycles. The first-order valence-corrected chi connectivity index (χ1v) is 12.3. The van der Waals surface area contributed by atoms with Crippen LogP contribution in [0, 0.1) is 5.82 Å². The molecular formula is C28H26Cl2FNO4. The molecule has 0 unspecified atom stereocenters. The van der Waals surface area contributed by atoms with Crippen LogP contribution in [0.1, 0.15) is 35.6 Å². The fraction of sp³-hybridized carbons (Fsp3) is 0.286. The molecule has 0 bridgehead atoms. The second-order valence-corrected chi connectivity index (χ2v) is 10.2. The average Bonchev–Trinajstić information content (AvgIpc) is 3.15. The highest BCUT2D eigenvalue weighted by Crippen LogP contribution is 2.37. The minimum atomic E-state index is -1.12. The molecule has 0 aromatic heterocycles. The van der Waals surface area contributed by atoms with Gasteiger partial charge in [-0.3, -0.25) is 9.59 Å². The summed E-state index contributed by atoms with van der Waals surface area (Å²) >= 11 is 11.8. The maximum atomic E-state index is 13.5. The molecule has 1 aliphatic rings. The molecule has 0 spiro atoms. The molecule has 3 aromatic rings. The van der Waals surface area contributed by atoms with E-state index in [-0.39, 0.29) is 29.5 Å². The Hall–Kier alpha value is -3.09. The van der Waals surface area contributed by atoms with Gasteiger partial charge >= 0.3 is 5.97 Å². The number of carbonyl (C=O) groups is 2. The number of fused-ring (bicyclic) bond motifs is 1. The Labute approximate surface area is 219 Å². The van der Waals surface area contributed by atoms with Crippen LogP contribution in [0.2, 0.25) is 10.0 Å². The van der Waals surface area contributed by atoms with Crippen molar-refractivity contribution in [3.8, 4) is 5.75 Å². The largest absolute Gasteiger partial charge is 0.487 e. The number of rotatable bonds is 9. The highest BCUT2D eigenvalue weighted by atomic mass is 35.5. The fourth-order valence-corrected chi connectivity index (χ4v) is 4.86. The summed E-state index contributed by atoms with van der Waals surface area (Å²) in [4.78, 5) is 25.5. The molecule has 188 valence electrons. The van der Waals surface area contributed by atoms with Crippen molar-refractivity contribution < 1.29 is 23.8 Å². The Morgan fingerprint density at radius 3 is 2.42 bits per heavy atom. The van der Waals surface area contributed by atoms with Crippen molar-refractivity contribution in [2.75, 3.05) is 6.54 Å². The topological polar surface area (TPSA) is 66.8 Å². The number of halogens is 3. The zero-order chi connectivity index (χ0) is 25.9. The summed E-state index contributed by atoms with van der Waals surface area (Å²) < 4.78 is 19.7. The number of benzene rings is 3. The summed E-state index contributed by atoms with van der Waals surface area (Å²) in [6.07, 6.45) is 2.08. The number of carboxylic acid groups (broad SMARTS) is 1. The highest BCUT2D eigenvalue weighted by Gasteiger charge is 2.35. The minimum Gasteiger partial charge on any atom is -0.487 e. The molecule has 36 heavy (non-hydrogen) atoms. The Bertz CT molecular complexity index is 1280. The second-order valence-electron chi connectivity index (χ2n) is 9.37. The molecule has 0 saturated heterocycles. The van der Waals surface area contributed by atoms with E-state index in [2.05, 4.69) is 13.0 Å². The number of hydrogen-bond donors (Lipinski definition) is 1. The third-order valence-electron chi connectivity index (χ3n) is 6.20. The summed E-state index contributed by atoms with van der Waals surface area (Å²) in [5.41, 5.74) is 3.38. The first-order chi connectivity index (χ1) is 17.1. The molecule has 1 aliphatic heterocycles. The number of aliphatic carboxylic acids is 1. The number of carbonyl (C=O) groups excluding carboxylic acids is 1. The van der Waals surface area contributed by atoms with Gasteiger partial charge in [0.15, 0.2) is 0 Å². The van der Waals surface area contributed by atoms with Crippen molar-refractivity contribution in [3.63, 3.8) is 0 Å². The number of carboxylic acids is 1. The molecule has 1 N–H and O–H groups in total. The van der Waals surface area contributed by atoms with E-state index < -0.39 is 18.3 Å². The van der Waals surface area contributed by atoms with Gasteiger partial charge in [0.05, 0.1) is 5.02 Å². The van der Waals surface area contributed by atoms with Gasteiger partial charge in [-0.2, -0.15) is 0 Å². The van der Waals surface area contributed by atoms with Crippen LogP contribution in [0.15, 0.2) is 60.7 Å². The highest BCUT2D eigenvalue weighted by molar-refractivity contribution is 6.31. The van der Waals surface area contributed by atoms with Crippen LogP contribution in [0.4, 0.5) is 4.39 Å².